The molecule has 11 heteroatoms. The minimum absolute atomic E-state index is 0.280. The molecule has 0 fully saturated rings. The summed E-state index contributed by atoms with van der Waals surface area (Å²) in [5.74, 6) is 0. The molecule has 142 valence electrons. The molecule has 0 unspecified atom stereocenters. The Balaban J connectivity index is 1.75. The molecule has 0 aliphatic rings. The van der Waals surface area contributed by atoms with Crippen LogP contribution in [0.3, 0.4) is 0 Å². The average molecular weight is 425 g/mol. The number of likely N-dealkylation sites (N-methyl/N-ethyl adjacent to an activating group) is 1. The minimum atomic E-state index is -3.98. The average Bonchev–Trinajstić information content (AvgIpc) is 3.29. The maximum absolute atomic E-state index is 12.9. The van der Waals surface area contributed by atoms with E-state index in [2.05, 4.69) is 19.0 Å². The van der Waals surface area contributed by atoms with Crippen molar-refractivity contribution >= 4 is 61.1 Å². The summed E-state index contributed by atoms with van der Waals surface area (Å²) in [4.78, 5) is 6.18. The second-order valence-electron chi connectivity index (χ2n) is 6.36. The maximum Gasteiger partial charge on any atom is 0.297 e. The number of imidazole rings is 1. The highest BCUT2D eigenvalue weighted by Crippen LogP contribution is 2.28. The second-order valence-corrected chi connectivity index (χ2v) is 8.90. The van der Waals surface area contributed by atoms with Gasteiger partial charge in [-0.15, -0.1) is 0 Å². The Kier molecular flexibility index (Phi) is 4.58. The Morgan fingerprint density at radius 1 is 1.30 bits per heavy atom. The van der Waals surface area contributed by atoms with Gasteiger partial charge < -0.3 is 9.47 Å². The highest BCUT2D eigenvalue weighted by molar-refractivity contribution is 7.92. The van der Waals surface area contributed by atoms with Crippen LogP contribution < -0.4 is 4.72 Å². The number of hydrogen-bond acceptors (Lipinski definition) is 6. The fourth-order valence-corrected chi connectivity index (χ4v) is 5.00. The van der Waals surface area contributed by atoms with Crippen LogP contribution in [-0.2, 0) is 16.6 Å². The van der Waals surface area contributed by atoms with E-state index in [9.17, 15) is 8.42 Å². The van der Waals surface area contributed by atoms with Crippen molar-refractivity contribution in [3.8, 4) is 0 Å². The number of halogens is 1. The van der Waals surface area contributed by atoms with E-state index in [1.807, 2.05) is 43.1 Å². The van der Waals surface area contributed by atoms with Crippen LogP contribution in [0.25, 0.3) is 22.1 Å². The molecular weight excluding hydrogens is 408 g/mol. The maximum atomic E-state index is 12.9. The van der Waals surface area contributed by atoms with Crippen LogP contribution in [0.4, 0.5) is 5.69 Å². The van der Waals surface area contributed by atoms with Crippen molar-refractivity contribution in [2.24, 2.45) is 0 Å². The highest BCUT2D eigenvalue weighted by atomic mass is 35.5. The van der Waals surface area contributed by atoms with E-state index in [0.29, 0.717) is 16.9 Å². The number of benzene rings is 1. The lowest BCUT2D eigenvalue weighted by molar-refractivity contribution is 0.387. The molecule has 0 saturated heterocycles. The van der Waals surface area contributed by atoms with Crippen molar-refractivity contribution in [3.05, 3.63) is 35.8 Å². The van der Waals surface area contributed by atoms with E-state index in [-0.39, 0.29) is 5.16 Å². The predicted octanol–water partition coefficient (Wildman–Crippen LogP) is 2.81. The quantitative estimate of drug-likeness (QED) is 0.514. The molecule has 27 heavy (non-hydrogen) atoms. The second kappa shape index (κ2) is 6.79. The molecule has 1 N–H and O–H groups in total. The number of aromatic nitrogens is 4. The van der Waals surface area contributed by atoms with Crippen LogP contribution in [0, 0.1) is 0 Å². The van der Waals surface area contributed by atoms with Gasteiger partial charge in [0.1, 0.15) is 5.52 Å². The smallest absolute Gasteiger partial charge is 0.297 e. The minimum Gasteiger partial charge on any atom is -0.344 e. The van der Waals surface area contributed by atoms with Crippen LogP contribution in [-0.4, -0.2) is 52.0 Å². The van der Waals surface area contributed by atoms with Crippen molar-refractivity contribution in [1.82, 2.24) is 22.9 Å². The number of sulfonamides is 1. The van der Waals surface area contributed by atoms with Crippen molar-refractivity contribution in [2.75, 3.05) is 25.4 Å². The molecule has 0 radical (unpaired) electrons. The van der Waals surface area contributed by atoms with E-state index in [1.54, 1.807) is 11.4 Å². The third kappa shape index (κ3) is 3.29. The van der Waals surface area contributed by atoms with Crippen LogP contribution in [0.2, 0.25) is 0 Å². The first-order chi connectivity index (χ1) is 12.9. The largest absolute Gasteiger partial charge is 0.344 e. The summed E-state index contributed by atoms with van der Waals surface area (Å²) in [6, 6.07) is 7.45. The number of para-hydroxylation sites is 1. The summed E-state index contributed by atoms with van der Waals surface area (Å²) in [5, 5.41) is 2.32. The molecule has 0 bridgehead atoms. The number of fused-ring (bicyclic) bond motifs is 2. The first-order valence-electron chi connectivity index (χ1n) is 8.11. The molecule has 0 aliphatic carbocycles. The zero-order valence-electron chi connectivity index (χ0n) is 14.6. The third-order valence-corrected chi connectivity index (χ3v) is 6.43. The van der Waals surface area contributed by atoms with E-state index in [1.165, 1.54) is 11.5 Å². The molecule has 8 nitrogen and oxygen atoms in total. The zero-order valence-corrected chi connectivity index (χ0v) is 17.0. The van der Waals surface area contributed by atoms with Gasteiger partial charge in [-0.1, -0.05) is 12.1 Å². The number of hydrogen-bond donors (Lipinski definition) is 1. The number of nitrogens with zero attached hydrogens (tertiary/aromatic N) is 5. The molecule has 4 rings (SSSR count). The fraction of sp³-hybridized carbons (Fsp3) is 0.250. The van der Waals surface area contributed by atoms with Gasteiger partial charge in [-0.3, -0.25) is 4.72 Å². The molecule has 0 atom stereocenters. The van der Waals surface area contributed by atoms with Crippen LogP contribution in [0.15, 0.2) is 41.0 Å². The number of rotatable bonds is 6. The lowest BCUT2D eigenvalue weighted by Gasteiger charge is -2.14. The first kappa shape index (κ1) is 18.2. The van der Waals surface area contributed by atoms with Gasteiger partial charge in [0.25, 0.3) is 15.2 Å². The Hall–Kier alpha value is -2.14. The summed E-state index contributed by atoms with van der Waals surface area (Å²) in [6.45, 7) is 1.57. The summed E-state index contributed by atoms with van der Waals surface area (Å²) < 4.78 is 35.5. The summed E-state index contributed by atoms with van der Waals surface area (Å²) >= 11 is 7.30. The monoisotopic (exact) mass is 424 g/mol. The Morgan fingerprint density at radius 3 is 2.85 bits per heavy atom. The van der Waals surface area contributed by atoms with Gasteiger partial charge in [0.2, 0.25) is 0 Å². The van der Waals surface area contributed by atoms with Crippen molar-refractivity contribution in [3.63, 3.8) is 0 Å². The van der Waals surface area contributed by atoms with Gasteiger partial charge in [0.15, 0.2) is 5.65 Å². The van der Waals surface area contributed by atoms with E-state index in [4.69, 9.17) is 11.8 Å². The van der Waals surface area contributed by atoms with Gasteiger partial charge in [-0.05, 0) is 37.8 Å². The van der Waals surface area contributed by atoms with Crippen LogP contribution in [0.5, 0.6) is 0 Å². The summed E-state index contributed by atoms with van der Waals surface area (Å²) in [6.07, 6.45) is 1.95. The zero-order chi connectivity index (χ0) is 19.2. The van der Waals surface area contributed by atoms with E-state index < -0.39 is 10.0 Å². The molecule has 0 aliphatic heterocycles. The van der Waals surface area contributed by atoms with E-state index in [0.717, 1.165) is 28.1 Å². The molecule has 3 heterocycles. The van der Waals surface area contributed by atoms with Crippen molar-refractivity contribution in [1.29, 1.82) is 0 Å². The van der Waals surface area contributed by atoms with E-state index >= 15 is 0 Å². The SMILES string of the molecule is CN(C)CCn1ccc2cccc(NS(=O)(=O)c3nc4csnc4n3Cl)c21. The lowest BCUT2D eigenvalue weighted by atomic mass is 10.2. The molecule has 0 spiro atoms. The van der Waals surface area contributed by atoms with Gasteiger partial charge in [0.05, 0.1) is 11.2 Å². The van der Waals surface area contributed by atoms with Gasteiger partial charge in [0, 0.05) is 41.8 Å². The van der Waals surface area contributed by atoms with Crippen molar-refractivity contribution in [2.45, 2.75) is 11.7 Å². The predicted molar refractivity (Wildman–Crippen MR) is 108 cm³/mol. The molecule has 0 amide bonds. The Bertz CT molecular complexity index is 1220. The van der Waals surface area contributed by atoms with Gasteiger partial charge in [-0.2, -0.15) is 12.8 Å². The van der Waals surface area contributed by atoms with Crippen molar-refractivity contribution < 1.29 is 8.42 Å². The van der Waals surface area contributed by atoms with Crippen LogP contribution >= 0.6 is 23.3 Å². The van der Waals surface area contributed by atoms with Gasteiger partial charge in [-0.25, -0.2) is 9.07 Å². The lowest BCUT2D eigenvalue weighted by Crippen LogP contribution is -2.19. The third-order valence-electron chi connectivity index (χ3n) is 4.16. The molecule has 0 saturated carbocycles. The Labute approximate surface area is 165 Å². The van der Waals surface area contributed by atoms with Crippen LogP contribution in [0.1, 0.15) is 0 Å². The molecule has 3 aromatic heterocycles. The number of nitrogens with one attached hydrogen (secondary N) is 1. The topological polar surface area (TPSA) is 85.0 Å². The highest BCUT2D eigenvalue weighted by Gasteiger charge is 2.25. The molecule has 1 aromatic carbocycles. The summed E-state index contributed by atoms with van der Waals surface area (Å²) in [7, 11) is 0.00804. The fourth-order valence-electron chi connectivity index (χ4n) is 2.87. The normalized spacial score (nSPS) is 12.4. The Morgan fingerprint density at radius 2 is 2.11 bits per heavy atom. The van der Waals surface area contributed by atoms with Gasteiger partial charge >= 0.3 is 0 Å². The first-order valence-corrected chi connectivity index (χ1v) is 10.8. The standard InChI is InChI=1S/C16H17ClN6O2S2/c1-21(2)8-9-22-7-6-11-4-3-5-12(14(11)22)20-27(24,25)16-18-13-10-26-19-15(13)23(16)17/h3-7,10,20H,8-9H2,1-2H3. The number of anilines is 1. The summed E-state index contributed by atoms with van der Waals surface area (Å²) in [5.41, 5.74) is 2.07. The molecule has 4 aromatic rings. The molecular formula is C16H17ClN6O2S2.